The molecule has 0 saturated carbocycles. The highest BCUT2D eigenvalue weighted by atomic mass is 35.5. The van der Waals surface area contributed by atoms with E-state index in [2.05, 4.69) is 42.4 Å². The monoisotopic (exact) mass is 477 g/mol. The fourth-order valence-electron chi connectivity index (χ4n) is 4.24. The Hall–Kier alpha value is -3.36. The number of aromatic nitrogens is 4. The van der Waals surface area contributed by atoms with E-state index < -0.39 is 5.82 Å². The molecule has 1 aliphatic heterocycles. The summed E-state index contributed by atoms with van der Waals surface area (Å²) in [6, 6.07) is 12.2. The largest absolute Gasteiger partial charge is 0.367 e. The van der Waals surface area contributed by atoms with Crippen LogP contribution in [0.1, 0.15) is 19.8 Å². The normalized spacial score (nSPS) is 14.9. The van der Waals surface area contributed by atoms with Gasteiger partial charge >= 0.3 is 0 Å². The SMILES string of the molecule is CCN1CCC(Nc2cc(Nc3cc(-c4cc(Cl)ccc4F)nc4ncccc34)ncn2)CC1. The smallest absolute Gasteiger partial charge is 0.161 e. The van der Waals surface area contributed by atoms with E-state index in [1.54, 1.807) is 18.3 Å². The van der Waals surface area contributed by atoms with Crippen molar-refractivity contribution in [3.8, 4) is 11.3 Å². The summed E-state index contributed by atoms with van der Waals surface area (Å²) in [5.74, 6) is 0.989. The molecule has 0 bridgehead atoms. The van der Waals surface area contributed by atoms with Crippen molar-refractivity contribution in [1.82, 2.24) is 24.8 Å². The number of rotatable bonds is 6. The molecule has 0 amide bonds. The predicted molar refractivity (Wildman–Crippen MR) is 134 cm³/mol. The van der Waals surface area contributed by atoms with Gasteiger partial charge in [-0.15, -0.1) is 0 Å². The van der Waals surface area contributed by atoms with Crippen molar-refractivity contribution in [2.24, 2.45) is 0 Å². The zero-order valence-corrected chi connectivity index (χ0v) is 19.6. The molecule has 7 nitrogen and oxygen atoms in total. The summed E-state index contributed by atoms with van der Waals surface area (Å²) in [5, 5.41) is 8.12. The Balaban J connectivity index is 1.44. The van der Waals surface area contributed by atoms with Crippen molar-refractivity contribution in [1.29, 1.82) is 0 Å². The van der Waals surface area contributed by atoms with E-state index in [1.807, 2.05) is 18.2 Å². The van der Waals surface area contributed by atoms with E-state index in [-0.39, 0.29) is 0 Å². The minimum atomic E-state index is -0.402. The maximum atomic E-state index is 14.6. The first-order valence-corrected chi connectivity index (χ1v) is 11.8. The van der Waals surface area contributed by atoms with E-state index in [1.165, 1.54) is 18.5 Å². The number of hydrogen-bond acceptors (Lipinski definition) is 7. The maximum absolute atomic E-state index is 14.6. The number of benzene rings is 1. The van der Waals surface area contributed by atoms with Gasteiger partial charge in [0.25, 0.3) is 0 Å². The Bertz CT molecular complexity index is 1310. The van der Waals surface area contributed by atoms with Crippen LogP contribution in [0.15, 0.2) is 55.0 Å². The minimum absolute atomic E-state index is 0.312. The molecule has 1 fully saturated rings. The van der Waals surface area contributed by atoms with Gasteiger partial charge in [0.15, 0.2) is 5.65 Å². The van der Waals surface area contributed by atoms with Gasteiger partial charge in [-0.05, 0) is 55.8 Å². The Kier molecular flexibility index (Phi) is 6.51. The number of nitrogens with zero attached hydrogens (tertiary/aromatic N) is 5. The first kappa shape index (κ1) is 22.4. The molecule has 0 radical (unpaired) electrons. The molecule has 9 heteroatoms. The van der Waals surface area contributed by atoms with Gasteiger partial charge in [-0.25, -0.2) is 24.3 Å². The van der Waals surface area contributed by atoms with Crippen LogP contribution in [0.25, 0.3) is 22.3 Å². The van der Waals surface area contributed by atoms with Crippen LogP contribution in [-0.2, 0) is 0 Å². The van der Waals surface area contributed by atoms with Crippen LogP contribution < -0.4 is 10.6 Å². The van der Waals surface area contributed by atoms with E-state index in [0.717, 1.165) is 43.7 Å². The maximum Gasteiger partial charge on any atom is 0.161 e. The molecule has 34 heavy (non-hydrogen) atoms. The summed E-state index contributed by atoms with van der Waals surface area (Å²) in [4.78, 5) is 20.2. The van der Waals surface area contributed by atoms with Gasteiger partial charge in [-0.1, -0.05) is 18.5 Å². The molecule has 174 valence electrons. The summed E-state index contributed by atoms with van der Waals surface area (Å²) in [6.45, 7) is 5.46. The highest BCUT2D eigenvalue weighted by Gasteiger charge is 2.18. The summed E-state index contributed by atoms with van der Waals surface area (Å²) in [5.41, 5.74) is 1.96. The summed E-state index contributed by atoms with van der Waals surface area (Å²) in [6.07, 6.45) is 5.35. The average molecular weight is 478 g/mol. The van der Waals surface area contributed by atoms with Gasteiger partial charge in [0, 0.05) is 47.4 Å². The van der Waals surface area contributed by atoms with Gasteiger partial charge in [0.05, 0.1) is 11.4 Å². The Labute approximate surface area is 202 Å². The molecule has 4 aromatic rings. The Morgan fingerprint density at radius 2 is 1.88 bits per heavy atom. The number of halogens is 2. The lowest BCUT2D eigenvalue weighted by molar-refractivity contribution is 0.229. The lowest BCUT2D eigenvalue weighted by atomic mass is 10.1. The second-order valence-electron chi connectivity index (χ2n) is 8.32. The van der Waals surface area contributed by atoms with Crippen molar-refractivity contribution >= 4 is 40.0 Å². The molecule has 0 unspecified atom stereocenters. The molecule has 0 aliphatic carbocycles. The third kappa shape index (κ3) is 4.93. The molecule has 5 rings (SSSR count). The standard InChI is InChI=1S/C25H25ClFN7/c1-2-34-10-7-17(8-11-34)31-23-14-24(30-15-29-23)32-21-13-22(19-12-16(26)5-6-20(19)27)33-25-18(21)4-3-9-28-25/h3-6,9,12-15,17H,2,7-8,10-11H2,1H3,(H2,28,29,30,31,32,33). The minimum Gasteiger partial charge on any atom is -0.367 e. The molecular formula is C25H25ClFN7. The van der Waals surface area contributed by atoms with Gasteiger partial charge < -0.3 is 15.5 Å². The molecule has 2 N–H and O–H groups in total. The molecular weight excluding hydrogens is 453 g/mol. The van der Waals surface area contributed by atoms with Crippen LogP contribution >= 0.6 is 11.6 Å². The van der Waals surface area contributed by atoms with Gasteiger partial charge in [0.1, 0.15) is 23.8 Å². The average Bonchev–Trinajstić information content (AvgIpc) is 2.86. The molecule has 1 aromatic carbocycles. The van der Waals surface area contributed by atoms with Crippen LogP contribution in [0, 0.1) is 5.82 Å². The highest BCUT2D eigenvalue weighted by molar-refractivity contribution is 6.30. The third-order valence-corrected chi connectivity index (χ3v) is 6.34. The third-order valence-electron chi connectivity index (χ3n) is 6.11. The number of fused-ring (bicyclic) bond motifs is 1. The molecule has 1 saturated heterocycles. The van der Waals surface area contributed by atoms with Crippen molar-refractivity contribution in [2.45, 2.75) is 25.8 Å². The van der Waals surface area contributed by atoms with E-state index in [9.17, 15) is 4.39 Å². The van der Waals surface area contributed by atoms with Gasteiger partial charge in [-0.2, -0.15) is 0 Å². The first-order valence-electron chi connectivity index (χ1n) is 11.4. The fourth-order valence-corrected chi connectivity index (χ4v) is 4.41. The Morgan fingerprint density at radius 1 is 1.06 bits per heavy atom. The van der Waals surface area contributed by atoms with Crippen LogP contribution in [0.2, 0.25) is 5.02 Å². The van der Waals surface area contributed by atoms with Crippen molar-refractivity contribution in [3.63, 3.8) is 0 Å². The van der Waals surface area contributed by atoms with E-state index in [4.69, 9.17) is 11.6 Å². The lowest BCUT2D eigenvalue weighted by Gasteiger charge is -2.31. The zero-order valence-electron chi connectivity index (χ0n) is 18.8. The number of piperidine rings is 1. The van der Waals surface area contributed by atoms with Crippen LogP contribution in [0.4, 0.5) is 21.7 Å². The number of likely N-dealkylation sites (tertiary alicyclic amines) is 1. The summed E-state index contributed by atoms with van der Waals surface area (Å²) >= 11 is 6.12. The van der Waals surface area contributed by atoms with Gasteiger partial charge in [0.2, 0.25) is 0 Å². The van der Waals surface area contributed by atoms with Gasteiger partial charge in [-0.3, -0.25) is 0 Å². The second kappa shape index (κ2) is 9.87. The molecule has 4 heterocycles. The van der Waals surface area contributed by atoms with Crippen molar-refractivity contribution in [3.05, 3.63) is 65.8 Å². The summed E-state index contributed by atoms with van der Waals surface area (Å²) < 4.78 is 14.6. The number of hydrogen-bond donors (Lipinski definition) is 2. The van der Waals surface area contributed by atoms with E-state index >= 15 is 0 Å². The molecule has 3 aromatic heterocycles. The van der Waals surface area contributed by atoms with Crippen molar-refractivity contribution < 1.29 is 4.39 Å². The van der Waals surface area contributed by atoms with Crippen LogP contribution in [-0.4, -0.2) is 50.5 Å². The van der Waals surface area contributed by atoms with Crippen molar-refractivity contribution in [2.75, 3.05) is 30.3 Å². The predicted octanol–water partition coefficient (Wildman–Crippen LogP) is 5.52. The quantitative estimate of drug-likeness (QED) is 0.378. The topological polar surface area (TPSA) is 78.9 Å². The number of pyridine rings is 2. The first-order chi connectivity index (χ1) is 16.6. The second-order valence-corrected chi connectivity index (χ2v) is 8.76. The number of anilines is 3. The highest BCUT2D eigenvalue weighted by Crippen LogP contribution is 2.32. The summed E-state index contributed by atoms with van der Waals surface area (Å²) in [7, 11) is 0. The van der Waals surface area contributed by atoms with Crippen LogP contribution in [0.3, 0.4) is 0 Å². The molecule has 0 atom stereocenters. The molecule has 1 aliphatic rings. The molecule has 0 spiro atoms. The van der Waals surface area contributed by atoms with E-state index in [0.29, 0.717) is 39.5 Å². The number of nitrogens with one attached hydrogen (secondary N) is 2. The van der Waals surface area contributed by atoms with Crippen LogP contribution in [0.5, 0.6) is 0 Å². The Morgan fingerprint density at radius 3 is 2.71 bits per heavy atom. The fraction of sp³-hybridized carbons (Fsp3) is 0.280. The lowest BCUT2D eigenvalue weighted by Crippen LogP contribution is -2.39. The zero-order chi connectivity index (χ0) is 23.5.